The predicted octanol–water partition coefficient (Wildman–Crippen LogP) is 3.02. The van der Waals surface area contributed by atoms with Crippen LogP contribution in [0.1, 0.15) is 0 Å². The highest BCUT2D eigenvalue weighted by Crippen LogP contribution is 2.37. The molecule has 0 unspecified atom stereocenters. The maximum absolute atomic E-state index is 10.9. The Balaban J connectivity index is 2.42. The number of nitro benzene ring substituents is 1. The van der Waals surface area contributed by atoms with Gasteiger partial charge in [-0.3, -0.25) is 10.1 Å². The molecule has 2 N–H and O–H groups in total. The first kappa shape index (κ1) is 12.1. The Morgan fingerprint density at radius 2 is 2.17 bits per heavy atom. The Morgan fingerprint density at radius 3 is 2.83 bits per heavy atom. The number of anilines is 1. The number of aromatic nitrogens is 1. The summed E-state index contributed by atoms with van der Waals surface area (Å²) in [5.74, 6) is 0.0912. The number of para-hydroxylation sites is 1. The van der Waals surface area contributed by atoms with Gasteiger partial charge in [0.15, 0.2) is 0 Å². The van der Waals surface area contributed by atoms with Crippen LogP contribution in [-0.4, -0.2) is 9.91 Å². The number of nitrogens with zero attached hydrogens (tertiary/aromatic N) is 2. The van der Waals surface area contributed by atoms with Gasteiger partial charge in [0.1, 0.15) is 0 Å². The number of hydrogen-bond acceptors (Lipinski definition) is 5. The van der Waals surface area contributed by atoms with Crippen molar-refractivity contribution in [3.63, 3.8) is 0 Å². The van der Waals surface area contributed by atoms with E-state index in [9.17, 15) is 10.1 Å². The van der Waals surface area contributed by atoms with Gasteiger partial charge < -0.3 is 10.5 Å². The first-order chi connectivity index (χ1) is 8.58. The molecule has 2 aromatic rings. The molecule has 1 heterocycles. The van der Waals surface area contributed by atoms with Crippen molar-refractivity contribution in [1.82, 2.24) is 4.98 Å². The number of ether oxygens (including phenoxy) is 1. The van der Waals surface area contributed by atoms with E-state index in [4.69, 9.17) is 22.1 Å². The highest BCUT2D eigenvalue weighted by atomic mass is 35.5. The smallest absolute Gasteiger partial charge is 0.313 e. The summed E-state index contributed by atoms with van der Waals surface area (Å²) < 4.78 is 5.32. The molecular weight excluding hydrogens is 258 g/mol. The second kappa shape index (κ2) is 4.89. The SMILES string of the molecule is Nc1ccnc(Oc2c(Cl)cccc2[N+](=O)[O-])c1. The van der Waals surface area contributed by atoms with Gasteiger partial charge in [-0.2, -0.15) is 0 Å². The molecule has 1 aromatic carbocycles. The zero-order valence-corrected chi connectivity index (χ0v) is 9.79. The molecule has 0 saturated heterocycles. The Hall–Kier alpha value is -2.34. The molecule has 6 nitrogen and oxygen atoms in total. The summed E-state index contributed by atoms with van der Waals surface area (Å²) in [6.45, 7) is 0. The minimum absolute atomic E-state index is 0.0535. The van der Waals surface area contributed by atoms with Gasteiger partial charge in [-0.05, 0) is 12.1 Å². The number of hydrogen-bond donors (Lipinski definition) is 1. The van der Waals surface area contributed by atoms with Crippen molar-refractivity contribution < 1.29 is 9.66 Å². The number of rotatable bonds is 3. The van der Waals surface area contributed by atoms with Crippen LogP contribution in [0.25, 0.3) is 0 Å². The van der Waals surface area contributed by atoms with Gasteiger partial charge in [0.05, 0.1) is 9.95 Å². The molecule has 0 saturated carbocycles. The molecule has 0 fully saturated rings. The van der Waals surface area contributed by atoms with Crippen LogP contribution in [0.3, 0.4) is 0 Å². The number of pyridine rings is 1. The van der Waals surface area contributed by atoms with Crippen molar-refractivity contribution in [2.24, 2.45) is 0 Å². The summed E-state index contributed by atoms with van der Waals surface area (Å²) in [5.41, 5.74) is 5.77. The monoisotopic (exact) mass is 265 g/mol. The molecule has 2 rings (SSSR count). The van der Waals surface area contributed by atoms with Crippen LogP contribution in [0.15, 0.2) is 36.5 Å². The number of nitrogen functional groups attached to an aromatic ring is 1. The normalized spacial score (nSPS) is 10.1. The lowest BCUT2D eigenvalue weighted by Gasteiger charge is -2.07. The van der Waals surface area contributed by atoms with Crippen molar-refractivity contribution in [2.45, 2.75) is 0 Å². The van der Waals surface area contributed by atoms with Crippen molar-refractivity contribution in [1.29, 1.82) is 0 Å². The minimum Gasteiger partial charge on any atom is -0.430 e. The maximum Gasteiger partial charge on any atom is 0.313 e. The zero-order chi connectivity index (χ0) is 13.1. The van der Waals surface area contributed by atoms with E-state index in [0.717, 1.165) is 0 Å². The fraction of sp³-hybridized carbons (Fsp3) is 0. The number of benzene rings is 1. The molecule has 7 heteroatoms. The van der Waals surface area contributed by atoms with Crippen LogP contribution in [0.2, 0.25) is 5.02 Å². The fourth-order valence-corrected chi connectivity index (χ4v) is 1.54. The van der Waals surface area contributed by atoms with E-state index in [2.05, 4.69) is 4.98 Å². The average molecular weight is 266 g/mol. The van der Waals surface area contributed by atoms with Crippen molar-refractivity contribution >= 4 is 23.0 Å². The number of halogens is 1. The molecule has 0 amide bonds. The van der Waals surface area contributed by atoms with Crippen LogP contribution < -0.4 is 10.5 Å². The van der Waals surface area contributed by atoms with Gasteiger partial charge >= 0.3 is 5.69 Å². The molecule has 0 atom stereocenters. The summed E-state index contributed by atoms with van der Waals surface area (Å²) in [6.07, 6.45) is 1.44. The number of nitrogens with two attached hydrogens (primary N) is 1. The van der Waals surface area contributed by atoms with Crippen LogP contribution in [0.5, 0.6) is 11.6 Å². The third-order valence-corrected chi connectivity index (χ3v) is 2.41. The largest absolute Gasteiger partial charge is 0.430 e. The Morgan fingerprint density at radius 1 is 1.39 bits per heavy atom. The molecule has 0 aliphatic heterocycles. The minimum atomic E-state index is -0.576. The first-order valence-corrected chi connectivity index (χ1v) is 5.28. The molecule has 0 bridgehead atoms. The Bertz CT molecular complexity index is 604. The molecule has 0 aliphatic rings. The van der Waals surface area contributed by atoms with E-state index in [1.165, 1.54) is 30.5 Å². The van der Waals surface area contributed by atoms with E-state index >= 15 is 0 Å². The fourth-order valence-electron chi connectivity index (χ4n) is 1.33. The molecule has 18 heavy (non-hydrogen) atoms. The van der Waals surface area contributed by atoms with Gasteiger partial charge in [-0.15, -0.1) is 0 Å². The van der Waals surface area contributed by atoms with E-state index < -0.39 is 4.92 Å². The molecule has 0 aliphatic carbocycles. The van der Waals surface area contributed by atoms with E-state index in [1.807, 2.05) is 0 Å². The van der Waals surface area contributed by atoms with Crippen LogP contribution in [0.4, 0.5) is 11.4 Å². The third kappa shape index (κ3) is 2.49. The molecule has 0 radical (unpaired) electrons. The highest BCUT2D eigenvalue weighted by molar-refractivity contribution is 6.32. The summed E-state index contributed by atoms with van der Waals surface area (Å²) in [7, 11) is 0. The standard InChI is InChI=1S/C11H8ClN3O3/c12-8-2-1-3-9(15(16)17)11(8)18-10-6-7(13)4-5-14-10/h1-6H,(H2,13,14). The Kier molecular flexibility index (Phi) is 3.29. The molecule has 0 spiro atoms. The second-order valence-corrected chi connectivity index (χ2v) is 3.78. The quantitative estimate of drug-likeness (QED) is 0.680. The lowest BCUT2D eigenvalue weighted by atomic mass is 10.3. The van der Waals surface area contributed by atoms with Gasteiger partial charge in [-0.25, -0.2) is 4.98 Å². The summed E-state index contributed by atoms with van der Waals surface area (Å²) in [5, 5.41) is 11.0. The number of nitro groups is 1. The lowest BCUT2D eigenvalue weighted by Crippen LogP contribution is -1.96. The molecule has 1 aromatic heterocycles. The van der Waals surface area contributed by atoms with Crippen LogP contribution in [-0.2, 0) is 0 Å². The zero-order valence-electron chi connectivity index (χ0n) is 9.04. The molecule has 92 valence electrons. The van der Waals surface area contributed by atoms with Crippen molar-refractivity contribution in [3.05, 3.63) is 51.7 Å². The summed E-state index contributed by atoms with van der Waals surface area (Å²) in [4.78, 5) is 14.2. The van der Waals surface area contributed by atoms with Crippen molar-refractivity contribution in [2.75, 3.05) is 5.73 Å². The Labute approximate surface area is 107 Å². The van der Waals surface area contributed by atoms with Gasteiger partial charge in [0.2, 0.25) is 11.6 Å². The molecular formula is C11H8ClN3O3. The van der Waals surface area contributed by atoms with E-state index in [-0.39, 0.29) is 22.3 Å². The van der Waals surface area contributed by atoms with Gasteiger partial charge in [0.25, 0.3) is 0 Å². The second-order valence-electron chi connectivity index (χ2n) is 3.37. The predicted molar refractivity (Wildman–Crippen MR) is 66.8 cm³/mol. The third-order valence-electron chi connectivity index (χ3n) is 2.11. The summed E-state index contributed by atoms with van der Waals surface area (Å²) >= 11 is 5.87. The van der Waals surface area contributed by atoms with Gasteiger partial charge in [-0.1, -0.05) is 17.7 Å². The summed E-state index contributed by atoms with van der Waals surface area (Å²) in [6, 6.07) is 7.30. The van der Waals surface area contributed by atoms with E-state index in [0.29, 0.717) is 5.69 Å². The van der Waals surface area contributed by atoms with Crippen molar-refractivity contribution in [3.8, 4) is 11.6 Å². The first-order valence-electron chi connectivity index (χ1n) is 4.90. The average Bonchev–Trinajstić information content (AvgIpc) is 2.31. The maximum atomic E-state index is 10.9. The lowest BCUT2D eigenvalue weighted by molar-refractivity contribution is -0.385. The highest BCUT2D eigenvalue weighted by Gasteiger charge is 2.19. The van der Waals surface area contributed by atoms with Gasteiger partial charge in [0, 0.05) is 24.0 Å². The van der Waals surface area contributed by atoms with Crippen LogP contribution >= 0.6 is 11.6 Å². The van der Waals surface area contributed by atoms with E-state index in [1.54, 1.807) is 6.07 Å². The van der Waals surface area contributed by atoms with Crippen LogP contribution in [0, 0.1) is 10.1 Å². The topological polar surface area (TPSA) is 91.3 Å².